The number of fused-ring (bicyclic) bond motifs is 3. The molecule has 0 bridgehead atoms. The zero-order valence-electron chi connectivity index (χ0n) is 15.5. The van der Waals surface area contributed by atoms with E-state index in [1.807, 2.05) is 37.3 Å². The molecule has 0 radical (unpaired) electrons. The van der Waals surface area contributed by atoms with Crippen molar-refractivity contribution in [1.82, 2.24) is 0 Å². The molecule has 7 nitrogen and oxygen atoms in total. The third kappa shape index (κ3) is 2.88. The fraction of sp³-hybridized carbons (Fsp3) is 0.684. The number of rotatable bonds is 3. The number of methoxy groups -OCH3 is 2. The van der Waals surface area contributed by atoms with Crippen molar-refractivity contribution >= 4 is 0 Å². The van der Waals surface area contributed by atoms with Gasteiger partial charge in [-0.25, -0.2) is 0 Å². The Kier molecular flexibility index (Phi) is 4.81. The molecule has 4 rings (SSSR count). The van der Waals surface area contributed by atoms with E-state index in [4.69, 9.17) is 33.2 Å². The van der Waals surface area contributed by atoms with E-state index in [1.54, 1.807) is 21.1 Å². The maximum absolute atomic E-state index is 6.35. The van der Waals surface area contributed by atoms with Crippen LogP contribution in [0.3, 0.4) is 0 Å². The van der Waals surface area contributed by atoms with Crippen molar-refractivity contribution in [3.8, 4) is 0 Å². The van der Waals surface area contributed by atoms with Crippen molar-refractivity contribution in [3.63, 3.8) is 0 Å². The van der Waals surface area contributed by atoms with E-state index >= 15 is 0 Å². The molecule has 7 heteroatoms. The second-order valence-corrected chi connectivity index (χ2v) is 7.09. The van der Waals surface area contributed by atoms with Crippen molar-refractivity contribution in [2.45, 2.75) is 56.1 Å². The van der Waals surface area contributed by atoms with Crippen LogP contribution in [-0.4, -0.2) is 63.4 Å². The van der Waals surface area contributed by atoms with Gasteiger partial charge in [0.15, 0.2) is 6.29 Å². The SMILES string of the molecule is CO[C@]1(C)O[C@H]2[C@@H]3OC(c4ccccc4)OC[C@H]3OC[C@@H]2O[C@@]1(C)OC. The highest BCUT2D eigenvalue weighted by molar-refractivity contribution is 5.16. The number of hydrogen-bond acceptors (Lipinski definition) is 7. The van der Waals surface area contributed by atoms with Crippen LogP contribution in [0.15, 0.2) is 30.3 Å². The average molecular weight is 366 g/mol. The molecule has 0 N–H and O–H groups in total. The topological polar surface area (TPSA) is 64.6 Å². The summed E-state index contributed by atoms with van der Waals surface area (Å²) in [6, 6.07) is 9.83. The Bertz CT molecular complexity index is 626. The van der Waals surface area contributed by atoms with Crippen LogP contribution in [0.25, 0.3) is 0 Å². The molecule has 3 aliphatic rings. The van der Waals surface area contributed by atoms with Crippen LogP contribution < -0.4 is 0 Å². The molecule has 3 fully saturated rings. The Hall–Kier alpha value is -1.06. The van der Waals surface area contributed by atoms with E-state index in [9.17, 15) is 0 Å². The van der Waals surface area contributed by atoms with E-state index in [0.717, 1.165) is 5.56 Å². The van der Waals surface area contributed by atoms with Gasteiger partial charge in [-0.15, -0.1) is 0 Å². The fourth-order valence-corrected chi connectivity index (χ4v) is 3.76. The summed E-state index contributed by atoms with van der Waals surface area (Å²) < 4.78 is 41.8. The van der Waals surface area contributed by atoms with Crippen molar-refractivity contribution in [3.05, 3.63) is 35.9 Å². The minimum Gasteiger partial charge on any atom is -0.370 e. The number of benzene rings is 1. The standard InChI is InChI=1S/C19H26O7/c1-18(20-3)19(2,21-4)26-16-14(25-18)11-22-13-10-23-17(24-15(13)16)12-8-6-5-7-9-12/h5-9,13-17H,10-11H2,1-4H3/t13-,14+,15-,16-,17?,18-,19-/m1/s1. The summed E-state index contributed by atoms with van der Waals surface area (Å²) >= 11 is 0. The van der Waals surface area contributed by atoms with Gasteiger partial charge in [-0.3, -0.25) is 0 Å². The maximum atomic E-state index is 6.35. The van der Waals surface area contributed by atoms with Crippen LogP contribution in [0.1, 0.15) is 25.7 Å². The molecular weight excluding hydrogens is 340 g/mol. The summed E-state index contributed by atoms with van der Waals surface area (Å²) in [4.78, 5) is 0. The van der Waals surface area contributed by atoms with Gasteiger partial charge >= 0.3 is 0 Å². The Morgan fingerprint density at radius 1 is 0.846 bits per heavy atom. The predicted octanol–water partition coefficient (Wildman–Crippen LogP) is 2.01. The lowest BCUT2D eigenvalue weighted by Gasteiger charge is -2.56. The first-order chi connectivity index (χ1) is 12.5. The normalized spacial score (nSPS) is 45.6. The van der Waals surface area contributed by atoms with Crippen molar-refractivity contribution in [2.24, 2.45) is 0 Å². The summed E-state index contributed by atoms with van der Waals surface area (Å²) in [5.41, 5.74) is 0.959. The highest BCUT2D eigenvalue weighted by Crippen LogP contribution is 2.44. The van der Waals surface area contributed by atoms with Crippen LogP contribution in [0.5, 0.6) is 0 Å². The van der Waals surface area contributed by atoms with Gasteiger partial charge in [0.1, 0.15) is 24.4 Å². The maximum Gasteiger partial charge on any atom is 0.220 e. The second-order valence-electron chi connectivity index (χ2n) is 7.09. The molecule has 1 unspecified atom stereocenters. The molecule has 7 atom stereocenters. The Morgan fingerprint density at radius 2 is 1.50 bits per heavy atom. The zero-order valence-corrected chi connectivity index (χ0v) is 15.5. The largest absolute Gasteiger partial charge is 0.370 e. The molecule has 0 saturated carbocycles. The van der Waals surface area contributed by atoms with E-state index in [-0.39, 0.29) is 24.4 Å². The lowest BCUT2D eigenvalue weighted by molar-refractivity contribution is -0.474. The van der Waals surface area contributed by atoms with Crippen LogP contribution in [0.4, 0.5) is 0 Å². The summed E-state index contributed by atoms with van der Waals surface area (Å²) in [6.07, 6.45) is -1.68. The predicted molar refractivity (Wildman–Crippen MR) is 90.3 cm³/mol. The third-order valence-corrected chi connectivity index (χ3v) is 5.64. The summed E-state index contributed by atoms with van der Waals surface area (Å²) in [5.74, 6) is -2.13. The lowest BCUT2D eigenvalue weighted by Crippen LogP contribution is -2.71. The van der Waals surface area contributed by atoms with E-state index in [0.29, 0.717) is 13.2 Å². The summed E-state index contributed by atoms with van der Waals surface area (Å²) in [7, 11) is 3.15. The van der Waals surface area contributed by atoms with Gasteiger partial charge in [0.2, 0.25) is 11.6 Å². The smallest absolute Gasteiger partial charge is 0.220 e. The lowest BCUT2D eigenvalue weighted by atomic mass is 9.94. The molecule has 1 aromatic carbocycles. The molecule has 1 aromatic rings. The summed E-state index contributed by atoms with van der Waals surface area (Å²) in [5, 5.41) is 0. The molecule has 0 spiro atoms. The van der Waals surface area contributed by atoms with Crippen LogP contribution in [0, 0.1) is 0 Å². The molecule has 144 valence electrons. The van der Waals surface area contributed by atoms with E-state index in [2.05, 4.69) is 0 Å². The van der Waals surface area contributed by atoms with Gasteiger partial charge in [0.05, 0.1) is 13.2 Å². The van der Waals surface area contributed by atoms with Gasteiger partial charge < -0.3 is 33.2 Å². The highest BCUT2D eigenvalue weighted by atomic mass is 16.8. The van der Waals surface area contributed by atoms with E-state index in [1.165, 1.54) is 0 Å². The molecule has 3 saturated heterocycles. The summed E-state index contributed by atoms with van der Waals surface area (Å²) in [6.45, 7) is 4.43. The first-order valence-corrected chi connectivity index (χ1v) is 8.89. The van der Waals surface area contributed by atoms with Gasteiger partial charge in [-0.1, -0.05) is 30.3 Å². The van der Waals surface area contributed by atoms with Gasteiger partial charge in [0.25, 0.3) is 0 Å². The van der Waals surface area contributed by atoms with Gasteiger partial charge in [-0.05, 0) is 13.8 Å². The average Bonchev–Trinajstić information content (AvgIpc) is 2.69. The molecule has 0 amide bonds. The monoisotopic (exact) mass is 366 g/mol. The van der Waals surface area contributed by atoms with Gasteiger partial charge in [0, 0.05) is 19.8 Å². The molecule has 26 heavy (non-hydrogen) atoms. The van der Waals surface area contributed by atoms with Crippen LogP contribution >= 0.6 is 0 Å². The quantitative estimate of drug-likeness (QED) is 0.811. The fourth-order valence-electron chi connectivity index (χ4n) is 3.76. The minimum absolute atomic E-state index is 0.215. The first kappa shape index (κ1) is 18.3. The number of hydrogen-bond donors (Lipinski definition) is 0. The molecular formula is C19H26O7. The van der Waals surface area contributed by atoms with Crippen molar-refractivity contribution in [2.75, 3.05) is 27.4 Å². The highest BCUT2D eigenvalue weighted by Gasteiger charge is 2.61. The molecule has 3 aliphatic heterocycles. The van der Waals surface area contributed by atoms with Crippen molar-refractivity contribution < 1.29 is 33.2 Å². The zero-order chi connectivity index (χ0) is 18.4. The van der Waals surface area contributed by atoms with Crippen molar-refractivity contribution in [1.29, 1.82) is 0 Å². The molecule has 0 aromatic heterocycles. The van der Waals surface area contributed by atoms with Gasteiger partial charge in [-0.2, -0.15) is 0 Å². The van der Waals surface area contributed by atoms with Crippen LogP contribution in [-0.2, 0) is 33.2 Å². The Labute approximate surface area is 153 Å². The first-order valence-electron chi connectivity index (χ1n) is 8.89. The second kappa shape index (κ2) is 6.83. The minimum atomic E-state index is -1.07. The Balaban J connectivity index is 1.58. The number of ether oxygens (including phenoxy) is 7. The third-order valence-electron chi connectivity index (χ3n) is 5.64. The molecule has 0 aliphatic carbocycles. The molecule has 3 heterocycles. The Morgan fingerprint density at radius 3 is 2.19 bits per heavy atom. The van der Waals surface area contributed by atoms with E-state index < -0.39 is 17.9 Å². The van der Waals surface area contributed by atoms with Crippen LogP contribution in [0.2, 0.25) is 0 Å².